The van der Waals surface area contributed by atoms with Crippen molar-refractivity contribution in [3.05, 3.63) is 70.1 Å². The average molecular weight is 396 g/mol. The number of nitrogens with zero attached hydrogens (tertiary/aromatic N) is 2. The summed E-state index contributed by atoms with van der Waals surface area (Å²) in [7, 11) is 1.61. The van der Waals surface area contributed by atoms with E-state index >= 15 is 0 Å². The highest BCUT2D eigenvalue weighted by atomic mass is 16.5. The van der Waals surface area contributed by atoms with Gasteiger partial charge in [0, 0.05) is 19.5 Å². The summed E-state index contributed by atoms with van der Waals surface area (Å²) in [6.07, 6.45) is 4.46. The fourth-order valence-electron chi connectivity index (χ4n) is 4.02. The minimum atomic E-state index is -0.864. The van der Waals surface area contributed by atoms with Crippen LogP contribution in [-0.2, 0) is 0 Å². The summed E-state index contributed by atoms with van der Waals surface area (Å²) in [6.45, 7) is 2.30. The van der Waals surface area contributed by atoms with Crippen molar-refractivity contribution in [3.63, 3.8) is 0 Å². The molecule has 1 N–H and O–H groups in total. The maximum atomic E-state index is 12.3. The fraction of sp³-hybridized carbons (Fsp3) is 0.435. The van der Waals surface area contributed by atoms with Gasteiger partial charge in [-0.25, -0.2) is 4.79 Å². The molecule has 0 aliphatic heterocycles. The molecule has 0 heterocycles. The Morgan fingerprint density at radius 1 is 1.10 bits per heavy atom. The van der Waals surface area contributed by atoms with Crippen molar-refractivity contribution < 1.29 is 14.6 Å². The van der Waals surface area contributed by atoms with Crippen LogP contribution in [0.1, 0.15) is 59.5 Å². The van der Waals surface area contributed by atoms with Crippen molar-refractivity contribution in [2.45, 2.75) is 50.5 Å². The van der Waals surface area contributed by atoms with Crippen molar-refractivity contribution in [2.75, 3.05) is 13.6 Å². The number of likely N-dealkylation sites (N-methyl/N-ethyl adjacent to an activating group) is 1. The molecule has 0 bridgehead atoms. The Balaban J connectivity index is 1.76. The van der Waals surface area contributed by atoms with E-state index in [0.29, 0.717) is 30.7 Å². The van der Waals surface area contributed by atoms with E-state index in [-0.39, 0.29) is 5.92 Å². The predicted molar refractivity (Wildman–Crippen MR) is 112 cm³/mol. The zero-order valence-electron chi connectivity index (χ0n) is 17.0. The first-order valence-electron chi connectivity index (χ1n) is 10.1. The van der Waals surface area contributed by atoms with Crippen LogP contribution in [0.4, 0.5) is 0 Å². The molecule has 6 heteroatoms. The lowest BCUT2D eigenvalue weighted by atomic mass is 9.72. The summed E-state index contributed by atoms with van der Waals surface area (Å²) < 4.78 is 5.47. The number of esters is 1. The summed E-state index contributed by atoms with van der Waals surface area (Å²) >= 11 is 0. The van der Waals surface area contributed by atoms with E-state index in [1.807, 2.05) is 31.2 Å². The molecule has 0 radical (unpaired) electrons. The number of hydrogen-bond acceptors (Lipinski definition) is 5. The third-order valence-electron chi connectivity index (χ3n) is 5.73. The molecule has 1 saturated carbocycles. The van der Waals surface area contributed by atoms with Crippen LogP contribution in [0.3, 0.4) is 0 Å². The van der Waals surface area contributed by atoms with Gasteiger partial charge in [0.25, 0.3) is 0 Å². The number of aryl methyl sites for hydroxylation is 1. The monoisotopic (exact) mass is 396 g/mol. The Labute approximate surface area is 171 Å². The molecule has 1 aliphatic carbocycles. The van der Waals surface area contributed by atoms with Gasteiger partial charge in [-0.3, -0.25) is 5.01 Å². The Kier molecular flexibility index (Phi) is 6.64. The van der Waals surface area contributed by atoms with E-state index in [9.17, 15) is 14.8 Å². The van der Waals surface area contributed by atoms with Crippen molar-refractivity contribution in [2.24, 2.45) is 5.29 Å². The minimum Gasteiger partial charge on any atom is -0.423 e. The van der Waals surface area contributed by atoms with E-state index in [2.05, 4.69) is 5.29 Å². The number of hydrogen-bond donors (Lipinski definition) is 1. The van der Waals surface area contributed by atoms with Crippen LogP contribution in [0, 0.1) is 11.8 Å². The number of carbonyl (C=O) groups excluding carboxylic acids is 1. The summed E-state index contributed by atoms with van der Waals surface area (Å²) in [5.74, 6) is -0.215. The maximum absolute atomic E-state index is 12.3. The molecule has 1 fully saturated rings. The summed E-state index contributed by atoms with van der Waals surface area (Å²) in [5, 5.41) is 15.6. The van der Waals surface area contributed by atoms with E-state index in [4.69, 9.17) is 4.74 Å². The number of rotatable bonds is 7. The van der Waals surface area contributed by atoms with Gasteiger partial charge in [0.2, 0.25) is 0 Å². The average Bonchev–Trinajstić information content (AvgIpc) is 2.73. The highest BCUT2D eigenvalue weighted by Crippen LogP contribution is 2.40. The third-order valence-corrected chi connectivity index (χ3v) is 5.73. The molecular weight excluding hydrogens is 368 g/mol. The zero-order chi connectivity index (χ0) is 20.9. The van der Waals surface area contributed by atoms with Gasteiger partial charge in [-0.2, -0.15) is 0 Å². The first-order chi connectivity index (χ1) is 13.9. The highest BCUT2D eigenvalue weighted by Gasteiger charge is 2.39. The lowest BCUT2D eigenvalue weighted by Gasteiger charge is -2.40. The van der Waals surface area contributed by atoms with Gasteiger partial charge in [-0.15, -0.1) is 4.91 Å². The maximum Gasteiger partial charge on any atom is 0.343 e. The lowest BCUT2D eigenvalue weighted by Crippen LogP contribution is -2.42. The van der Waals surface area contributed by atoms with Gasteiger partial charge in [0.15, 0.2) is 0 Å². The minimum absolute atomic E-state index is 0.243. The molecule has 0 aromatic heterocycles. The van der Waals surface area contributed by atoms with Gasteiger partial charge >= 0.3 is 5.97 Å². The molecule has 3 rings (SSSR count). The number of aliphatic hydroxyl groups is 1. The smallest absolute Gasteiger partial charge is 0.343 e. The molecule has 0 spiro atoms. The Morgan fingerprint density at radius 3 is 2.31 bits per heavy atom. The first-order valence-corrected chi connectivity index (χ1v) is 10.1. The fourth-order valence-corrected chi connectivity index (χ4v) is 4.02. The van der Waals surface area contributed by atoms with Gasteiger partial charge < -0.3 is 9.84 Å². The van der Waals surface area contributed by atoms with Crippen molar-refractivity contribution in [1.29, 1.82) is 0 Å². The normalized spacial score (nSPS) is 16.7. The van der Waals surface area contributed by atoms with E-state index in [0.717, 1.165) is 30.4 Å². The zero-order valence-corrected chi connectivity index (χ0v) is 17.0. The standard InChI is InChI=1S/C23H28N2O4/c1-17-6-8-19(9-7-17)22(26)29-20-12-10-18(11-13-20)21(16-25(2)24-28)23(27)14-4-3-5-15-23/h6-13,21,27H,3-5,14-16H2,1-2H3. The molecule has 6 nitrogen and oxygen atoms in total. The van der Waals surface area contributed by atoms with Crippen LogP contribution in [0.2, 0.25) is 0 Å². The Hall–Kier alpha value is -2.73. The van der Waals surface area contributed by atoms with E-state index < -0.39 is 11.6 Å². The SMILES string of the molecule is Cc1ccc(C(=O)Oc2ccc(C(CN(C)N=O)C3(O)CCCCC3)cc2)cc1. The van der Waals surface area contributed by atoms with Crippen LogP contribution in [-0.4, -0.2) is 35.3 Å². The molecule has 1 aliphatic rings. The first kappa shape index (κ1) is 21.0. The van der Waals surface area contributed by atoms with Crippen LogP contribution in [0.25, 0.3) is 0 Å². The van der Waals surface area contributed by atoms with Gasteiger partial charge in [-0.1, -0.05) is 49.1 Å². The largest absolute Gasteiger partial charge is 0.423 e. The van der Waals surface area contributed by atoms with Crippen molar-refractivity contribution in [3.8, 4) is 5.75 Å². The van der Waals surface area contributed by atoms with Crippen LogP contribution in [0.5, 0.6) is 5.75 Å². The summed E-state index contributed by atoms with van der Waals surface area (Å²) in [6, 6.07) is 14.4. The second-order valence-corrected chi connectivity index (χ2v) is 7.96. The van der Waals surface area contributed by atoms with Crippen molar-refractivity contribution in [1.82, 2.24) is 5.01 Å². The van der Waals surface area contributed by atoms with E-state index in [1.165, 1.54) is 5.01 Å². The van der Waals surface area contributed by atoms with Gasteiger partial charge in [0.1, 0.15) is 5.75 Å². The molecule has 0 amide bonds. The molecular formula is C23H28N2O4. The van der Waals surface area contributed by atoms with Crippen LogP contribution < -0.4 is 4.74 Å². The number of ether oxygens (including phenoxy) is 1. The number of nitroso groups, excluding NO2 is 1. The molecule has 2 aromatic carbocycles. The molecule has 2 aromatic rings. The van der Waals surface area contributed by atoms with Crippen LogP contribution >= 0.6 is 0 Å². The highest BCUT2D eigenvalue weighted by molar-refractivity contribution is 5.91. The third kappa shape index (κ3) is 5.21. The van der Waals surface area contributed by atoms with Crippen molar-refractivity contribution >= 4 is 5.97 Å². The van der Waals surface area contributed by atoms with Gasteiger partial charge in [-0.05, 0) is 49.6 Å². The summed E-state index contributed by atoms with van der Waals surface area (Å²) in [4.78, 5) is 23.2. The van der Waals surface area contributed by atoms with Gasteiger partial charge in [0.05, 0.1) is 16.5 Å². The summed E-state index contributed by atoms with van der Waals surface area (Å²) in [5.41, 5.74) is 1.61. The van der Waals surface area contributed by atoms with Crippen LogP contribution in [0.15, 0.2) is 53.8 Å². The predicted octanol–water partition coefficient (Wildman–Crippen LogP) is 4.61. The quantitative estimate of drug-likeness (QED) is 0.320. The molecule has 29 heavy (non-hydrogen) atoms. The molecule has 1 atom stereocenters. The second-order valence-electron chi connectivity index (χ2n) is 7.96. The number of carbonyl (C=O) groups is 1. The topological polar surface area (TPSA) is 79.2 Å². The molecule has 0 saturated heterocycles. The Bertz CT molecular complexity index is 827. The molecule has 154 valence electrons. The Morgan fingerprint density at radius 2 is 1.72 bits per heavy atom. The second kappa shape index (κ2) is 9.18. The number of benzene rings is 2. The lowest BCUT2D eigenvalue weighted by molar-refractivity contribution is -0.0292. The molecule has 1 unspecified atom stereocenters. The van der Waals surface area contributed by atoms with E-state index in [1.54, 1.807) is 31.3 Å².